The summed E-state index contributed by atoms with van der Waals surface area (Å²) in [4.78, 5) is 15.8. The van der Waals surface area contributed by atoms with Gasteiger partial charge in [-0.2, -0.15) is 0 Å². The number of nitrogens with one attached hydrogen (secondary N) is 1. The van der Waals surface area contributed by atoms with Crippen LogP contribution in [0.25, 0.3) is 0 Å². The van der Waals surface area contributed by atoms with Crippen molar-refractivity contribution in [2.75, 3.05) is 13.6 Å². The van der Waals surface area contributed by atoms with E-state index < -0.39 is 0 Å². The van der Waals surface area contributed by atoms with Crippen LogP contribution in [0.2, 0.25) is 0 Å². The molecule has 0 unspecified atom stereocenters. The van der Waals surface area contributed by atoms with Crippen molar-refractivity contribution in [2.45, 2.75) is 51.6 Å². The van der Waals surface area contributed by atoms with Crippen molar-refractivity contribution in [2.24, 2.45) is 0 Å². The fourth-order valence-corrected chi connectivity index (χ4v) is 4.35. The third kappa shape index (κ3) is 4.50. The van der Waals surface area contributed by atoms with Crippen LogP contribution in [0.1, 0.15) is 60.3 Å². The van der Waals surface area contributed by atoms with Crippen LogP contribution in [0, 0.1) is 0 Å². The average Bonchev–Trinajstić information content (AvgIpc) is 3.15. The van der Waals surface area contributed by atoms with Crippen LogP contribution in [0.3, 0.4) is 0 Å². The van der Waals surface area contributed by atoms with Crippen LogP contribution in [0.15, 0.2) is 35.7 Å². The monoisotopic (exact) mass is 356 g/mol. The van der Waals surface area contributed by atoms with Crippen molar-refractivity contribution in [1.82, 2.24) is 10.2 Å². The topological polar surface area (TPSA) is 32.3 Å². The van der Waals surface area contributed by atoms with Gasteiger partial charge in [-0.1, -0.05) is 24.3 Å². The van der Waals surface area contributed by atoms with E-state index in [1.807, 2.05) is 7.05 Å². The lowest BCUT2D eigenvalue weighted by Crippen LogP contribution is -2.37. The molecule has 1 heterocycles. The second-order valence-corrected chi connectivity index (χ2v) is 8.11. The smallest absolute Gasteiger partial charge is 0.234 e. The summed E-state index contributed by atoms with van der Waals surface area (Å²) in [5.41, 5.74) is 4.16. The van der Waals surface area contributed by atoms with E-state index in [4.69, 9.17) is 0 Å². The highest BCUT2D eigenvalue weighted by Crippen LogP contribution is 2.25. The molecule has 1 aliphatic rings. The predicted molar refractivity (Wildman–Crippen MR) is 105 cm³/mol. The largest absolute Gasteiger partial charge is 0.348 e. The van der Waals surface area contributed by atoms with Gasteiger partial charge in [0.25, 0.3) is 0 Å². The standard InChI is InChI=1S/C21H28N2OS/c1-15(18-11-10-17-7-4-5-8-19(17)13-18)22-21(24)14-23(3)16(2)20-9-6-12-25-20/h6,9-13,15-16H,4-5,7-8,14H2,1-3H3,(H,22,24)/t15-,16+/m0/s1. The Hall–Kier alpha value is -1.65. The molecule has 1 amide bonds. The van der Waals surface area contributed by atoms with Crippen molar-refractivity contribution < 1.29 is 4.79 Å². The van der Waals surface area contributed by atoms with E-state index in [1.165, 1.54) is 47.3 Å². The summed E-state index contributed by atoms with van der Waals surface area (Å²) in [6.07, 6.45) is 4.95. The number of rotatable bonds is 6. The number of hydrogen-bond acceptors (Lipinski definition) is 3. The van der Waals surface area contributed by atoms with E-state index in [0.717, 1.165) is 0 Å². The predicted octanol–water partition coefficient (Wildman–Crippen LogP) is 4.50. The van der Waals surface area contributed by atoms with Crippen molar-refractivity contribution in [3.8, 4) is 0 Å². The highest BCUT2D eigenvalue weighted by molar-refractivity contribution is 7.10. The highest BCUT2D eigenvalue weighted by atomic mass is 32.1. The number of aryl methyl sites for hydroxylation is 2. The lowest BCUT2D eigenvalue weighted by Gasteiger charge is -2.25. The van der Waals surface area contributed by atoms with Gasteiger partial charge in [-0.15, -0.1) is 11.3 Å². The molecule has 1 aliphatic carbocycles. The van der Waals surface area contributed by atoms with Crippen molar-refractivity contribution in [1.29, 1.82) is 0 Å². The maximum Gasteiger partial charge on any atom is 0.234 e. The molecule has 0 spiro atoms. The van der Waals surface area contributed by atoms with Gasteiger partial charge in [0.1, 0.15) is 0 Å². The SMILES string of the molecule is C[C@H](NC(=O)CN(C)[C@H](C)c1cccs1)c1ccc2c(c1)CCCC2. The van der Waals surface area contributed by atoms with Gasteiger partial charge in [0.15, 0.2) is 0 Å². The Morgan fingerprint density at radius 2 is 1.96 bits per heavy atom. The van der Waals surface area contributed by atoms with E-state index in [1.54, 1.807) is 11.3 Å². The Morgan fingerprint density at radius 1 is 1.20 bits per heavy atom. The van der Waals surface area contributed by atoms with Gasteiger partial charge in [0.2, 0.25) is 5.91 Å². The Bertz CT molecular complexity index is 711. The molecule has 3 rings (SSSR count). The van der Waals surface area contributed by atoms with Crippen LogP contribution in [-0.2, 0) is 17.6 Å². The number of likely N-dealkylation sites (N-methyl/N-ethyl adjacent to an activating group) is 1. The number of benzene rings is 1. The van der Waals surface area contributed by atoms with Crippen LogP contribution >= 0.6 is 11.3 Å². The lowest BCUT2D eigenvalue weighted by atomic mass is 9.89. The molecule has 0 radical (unpaired) electrons. The molecule has 0 fully saturated rings. The Morgan fingerprint density at radius 3 is 2.68 bits per heavy atom. The minimum absolute atomic E-state index is 0.0465. The van der Waals surface area contributed by atoms with Crippen LogP contribution < -0.4 is 5.32 Å². The Kier molecular flexibility index (Phi) is 5.92. The van der Waals surface area contributed by atoms with E-state index in [9.17, 15) is 4.79 Å². The quantitative estimate of drug-likeness (QED) is 0.827. The summed E-state index contributed by atoms with van der Waals surface area (Å²) in [5.74, 6) is 0.0797. The second-order valence-electron chi connectivity index (χ2n) is 7.13. The summed E-state index contributed by atoms with van der Waals surface area (Å²) in [6, 6.07) is 11.2. The lowest BCUT2D eigenvalue weighted by molar-refractivity contribution is -0.123. The molecule has 0 saturated heterocycles. The molecule has 1 aromatic carbocycles. The zero-order valence-corrected chi connectivity index (χ0v) is 16.2. The molecule has 0 saturated carbocycles. The van der Waals surface area contributed by atoms with E-state index >= 15 is 0 Å². The fourth-order valence-electron chi connectivity index (χ4n) is 3.50. The Labute approximate surface area is 155 Å². The van der Waals surface area contributed by atoms with Crippen molar-refractivity contribution in [3.63, 3.8) is 0 Å². The molecule has 4 heteroatoms. The van der Waals surface area contributed by atoms with Gasteiger partial charge >= 0.3 is 0 Å². The number of nitrogens with zero attached hydrogens (tertiary/aromatic N) is 1. The summed E-state index contributed by atoms with van der Waals surface area (Å²) < 4.78 is 0. The molecule has 134 valence electrons. The van der Waals surface area contributed by atoms with Gasteiger partial charge in [-0.25, -0.2) is 0 Å². The molecule has 2 aromatic rings. The average molecular weight is 357 g/mol. The number of amides is 1. The van der Waals surface area contributed by atoms with E-state index in [0.29, 0.717) is 6.54 Å². The van der Waals surface area contributed by atoms with Gasteiger partial charge in [0.05, 0.1) is 12.6 Å². The normalized spacial score (nSPS) is 16.3. The maximum atomic E-state index is 12.5. The third-order valence-electron chi connectivity index (χ3n) is 5.26. The number of hydrogen-bond donors (Lipinski definition) is 1. The first-order chi connectivity index (χ1) is 12.0. The van der Waals surface area contributed by atoms with Crippen molar-refractivity contribution >= 4 is 17.2 Å². The molecular weight excluding hydrogens is 328 g/mol. The molecule has 0 aliphatic heterocycles. The number of carbonyl (C=O) groups is 1. The van der Waals surface area contributed by atoms with Gasteiger partial charge in [-0.3, -0.25) is 9.69 Å². The first-order valence-electron chi connectivity index (χ1n) is 9.19. The van der Waals surface area contributed by atoms with Gasteiger partial charge in [0, 0.05) is 10.9 Å². The number of fused-ring (bicyclic) bond motifs is 1. The zero-order valence-electron chi connectivity index (χ0n) is 15.4. The summed E-state index contributed by atoms with van der Waals surface area (Å²) in [5, 5.41) is 5.24. The first kappa shape index (κ1) is 18.2. The molecule has 0 bridgehead atoms. The maximum absolute atomic E-state index is 12.5. The molecule has 1 aromatic heterocycles. The third-order valence-corrected chi connectivity index (χ3v) is 6.30. The molecular formula is C21H28N2OS. The first-order valence-corrected chi connectivity index (χ1v) is 10.1. The van der Waals surface area contributed by atoms with E-state index in [2.05, 4.69) is 59.8 Å². The highest BCUT2D eigenvalue weighted by Gasteiger charge is 2.18. The van der Waals surface area contributed by atoms with Gasteiger partial charge in [-0.05, 0) is 74.7 Å². The molecule has 1 N–H and O–H groups in total. The number of thiophene rings is 1. The minimum atomic E-state index is 0.0465. The van der Waals surface area contributed by atoms with Crippen LogP contribution in [0.4, 0.5) is 0 Å². The summed E-state index contributed by atoms with van der Waals surface area (Å²) in [7, 11) is 2.01. The number of carbonyl (C=O) groups excluding carboxylic acids is 1. The Balaban J connectivity index is 1.57. The second kappa shape index (κ2) is 8.15. The van der Waals surface area contributed by atoms with Gasteiger partial charge < -0.3 is 5.32 Å². The fraction of sp³-hybridized carbons (Fsp3) is 0.476. The van der Waals surface area contributed by atoms with Crippen LogP contribution in [0.5, 0.6) is 0 Å². The summed E-state index contributed by atoms with van der Waals surface area (Å²) in [6.45, 7) is 4.63. The van der Waals surface area contributed by atoms with Crippen molar-refractivity contribution in [3.05, 3.63) is 57.3 Å². The minimum Gasteiger partial charge on any atom is -0.348 e. The van der Waals surface area contributed by atoms with Crippen LogP contribution in [-0.4, -0.2) is 24.4 Å². The molecule has 25 heavy (non-hydrogen) atoms. The summed E-state index contributed by atoms with van der Waals surface area (Å²) >= 11 is 1.74. The molecule has 3 nitrogen and oxygen atoms in total. The zero-order chi connectivity index (χ0) is 17.8. The molecule has 2 atom stereocenters. The van der Waals surface area contributed by atoms with E-state index in [-0.39, 0.29) is 18.0 Å².